The predicted octanol–water partition coefficient (Wildman–Crippen LogP) is 2.49. The van der Waals surface area contributed by atoms with Crippen LogP contribution in [-0.2, 0) is 9.53 Å². The van der Waals surface area contributed by atoms with E-state index in [1.807, 2.05) is 13.8 Å². The quantitative estimate of drug-likeness (QED) is 0.780. The third-order valence-electron chi connectivity index (χ3n) is 2.09. The smallest absolute Gasteiger partial charge is 0.408 e. The van der Waals surface area contributed by atoms with Crippen molar-refractivity contribution in [2.45, 2.75) is 63.7 Å². The molecule has 0 rings (SSSR count). The Balaban J connectivity index is 4.76. The molecule has 0 aliphatic heterocycles. The summed E-state index contributed by atoms with van der Waals surface area (Å²) in [7, 11) is 0. The Morgan fingerprint density at radius 3 is 2.06 bits per heavy atom. The number of hydrogen-bond donors (Lipinski definition) is 2. The number of hydrogen-bond acceptors (Lipinski definition) is 4. The number of carboxylic acid groups (broad SMARTS) is 1. The van der Waals surface area contributed by atoms with Gasteiger partial charge in [0.05, 0.1) is 6.10 Å². The highest BCUT2D eigenvalue weighted by atomic mass is 32.2. The summed E-state index contributed by atoms with van der Waals surface area (Å²) in [6.07, 6.45) is -0.977. The topological polar surface area (TPSA) is 75.6 Å². The van der Waals surface area contributed by atoms with Gasteiger partial charge in [-0.05, 0) is 32.9 Å². The number of carbonyl (C=O) groups excluding carboxylic acids is 1. The van der Waals surface area contributed by atoms with Crippen molar-refractivity contribution in [1.29, 1.82) is 0 Å². The maximum absolute atomic E-state index is 11.5. The molecule has 0 bridgehead atoms. The number of amides is 1. The number of rotatable bonds is 6. The first-order chi connectivity index (χ1) is 8.06. The number of thioether (sulfide) groups is 1. The number of carbonyl (C=O) groups is 2. The van der Waals surface area contributed by atoms with Crippen LogP contribution in [0.3, 0.4) is 0 Å². The minimum absolute atomic E-state index is 0.268. The molecule has 0 aromatic heterocycles. The maximum Gasteiger partial charge on any atom is 0.408 e. The first-order valence-corrected chi connectivity index (χ1v) is 6.82. The molecule has 0 spiro atoms. The summed E-state index contributed by atoms with van der Waals surface area (Å²) < 4.78 is 4.29. The molecule has 0 fully saturated rings. The molecule has 1 amide bonds. The third-order valence-corrected chi connectivity index (χ3v) is 3.40. The largest absolute Gasteiger partial charge is 0.480 e. The Morgan fingerprint density at radius 2 is 1.72 bits per heavy atom. The molecule has 0 saturated heterocycles. The summed E-state index contributed by atoms with van der Waals surface area (Å²) in [5.74, 6) is -1.06. The lowest BCUT2D eigenvalue weighted by Gasteiger charge is -2.32. The molecular weight excluding hydrogens is 254 g/mol. The molecule has 0 unspecified atom stereocenters. The molecule has 18 heavy (non-hydrogen) atoms. The molecule has 0 aliphatic rings. The number of alkyl carbamates (subject to hydrolysis) is 1. The van der Waals surface area contributed by atoms with E-state index < -0.39 is 22.9 Å². The Hall–Kier alpha value is -0.910. The summed E-state index contributed by atoms with van der Waals surface area (Å²) in [5, 5.41) is 11.9. The van der Waals surface area contributed by atoms with Gasteiger partial charge in [0.15, 0.2) is 0 Å². The second-order valence-corrected chi connectivity index (χ2v) is 7.37. The predicted molar refractivity (Wildman–Crippen MR) is 73.0 cm³/mol. The molecule has 0 aliphatic carbocycles. The molecule has 106 valence electrons. The molecule has 0 aromatic carbocycles. The van der Waals surface area contributed by atoms with E-state index in [1.165, 1.54) is 11.8 Å². The number of nitrogens with one attached hydrogen (secondary N) is 1. The van der Waals surface area contributed by atoms with E-state index in [4.69, 9.17) is 4.74 Å². The average Bonchev–Trinajstić information content (AvgIpc) is 2.09. The lowest BCUT2D eigenvalue weighted by atomic mass is 10.0. The van der Waals surface area contributed by atoms with Gasteiger partial charge < -0.3 is 15.2 Å². The monoisotopic (exact) mass is 277 g/mol. The Kier molecular flexibility index (Phi) is 6.52. The molecule has 0 aromatic rings. The highest BCUT2D eigenvalue weighted by Crippen LogP contribution is 2.32. The van der Waals surface area contributed by atoms with Crippen LogP contribution in [0.15, 0.2) is 0 Å². The van der Waals surface area contributed by atoms with E-state index in [0.29, 0.717) is 0 Å². The summed E-state index contributed by atoms with van der Waals surface area (Å²) >= 11 is 1.50. The molecule has 5 nitrogen and oxygen atoms in total. The summed E-state index contributed by atoms with van der Waals surface area (Å²) in [6.45, 7) is 11.0. The summed E-state index contributed by atoms with van der Waals surface area (Å²) in [4.78, 5) is 22.8. The van der Waals surface area contributed by atoms with Crippen LogP contribution in [-0.4, -0.2) is 39.3 Å². The van der Waals surface area contributed by atoms with Gasteiger partial charge in [0.1, 0.15) is 6.04 Å². The molecule has 6 heteroatoms. The van der Waals surface area contributed by atoms with Crippen LogP contribution < -0.4 is 5.32 Å². The number of carboxylic acids is 1. The van der Waals surface area contributed by atoms with Gasteiger partial charge in [-0.2, -0.15) is 11.8 Å². The normalized spacial score (nSPS) is 13.6. The summed E-state index contributed by atoms with van der Waals surface area (Å²) in [5.41, 5.74) is 0. The molecule has 0 heterocycles. The van der Waals surface area contributed by atoms with Crippen molar-refractivity contribution in [3.63, 3.8) is 0 Å². The van der Waals surface area contributed by atoms with E-state index in [2.05, 4.69) is 5.32 Å². The minimum atomic E-state index is -1.06. The van der Waals surface area contributed by atoms with Crippen LogP contribution in [0.1, 0.15) is 41.5 Å². The number of aliphatic carboxylic acids is 1. The molecule has 1 atom stereocenters. The first-order valence-electron chi connectivity index (χ1n) is 5.94. The zero-order valence-corrected chi connectivity index (χ0v) is 12.6. The van der Waals surface area contributed by atoms with Gasteiger partial charge in [0.25, 0.3) is 0 Å². The van der Waals surface area contributed by atoms with Crippen molar-refractivity contribution in [2.24, 2.45) is 0 Å². The minimum Gasteiger partial charge on any atom is -0.480 e. The Morgan fingerprint density at radius 1 is 1.22 bits per heavy atom. The van der Waals surface area contributed by atoms with Crippen LogP contribution >= 0.6 is 11.8 Å². The molecule has 0 radical (unpaired) electrons. The van der Waals surface area contributed by atoms with Gasteiger partial charge >= 0.3 is 12.1 Å². The Bertz CT molecular complexity index is 302. The van der Waals surface area contributed by atoms with Crippen LogP contribution in [0.2, 0.25) is 0 Å². The highest BCUT2D eigenvalue weighted by molar-refractivity contribution is 8.01. The highest BCUT2D eigenvalue weighted by Gasteiger charge is 2.38. The van der Waals surface area contributed by atoms with E-state index in [0.717, 1.165) is 0 Å². The maximum atomic E-state index is 11.5. The van der Waals surface area contributed by atoms with Gasteiger partial charge in [-0.15, -0.1) is 0 Å². The van der Waals surface area contributed by atoms with E-state index in [-0.39, 0.29) is 11.4 Å². The second kappa shape index (κ2) is 6.87. The summed E-state index contributed by atoms with van der Waals surface area (Å²) in [6, 6.07) is -0.990. The number of ether oxygens (including phenoxy) is 1. The van der Waals surface area contributed by atoms with Gasteiger partial charge in [-0.3, -0.25) is 0 Å². The SMILES string of the molecule is CC(C)OC(=O)N[C@H](C(=O)O)C(C)(C)SC(C)C. The zero-order valence-electron chi connectivity index (χ0n) is 11.8. The van der Waals surface area contributed by atoms with E-state index >= 15 is 0 Å². The fourth-order valence-electron chi connectivity index (χ4n) is 1.57. The zero-order chi connectivity index (χ0) is 14.5. The molecule has 2 N–H and O–H groups in total. The fourth-order valence-corrected chi connectivity index (χ4v) is 3.09. The van der Waals surface area contributed by atoms with Crippen LogP contribution in [0, 0.1) is 0 Å². The van der Waals surface area contributed by atoms with Crippen molar-refractivity contribution in [2.75, 3.05) is 0 Å². The van der Waals surface area contributed by atoms with Crippen molar-refractivity contribution in [3.8, 4) is 0 Å². The van der Waals surface area contributed by atoms with Crippen LogP contribution in [0.5, 0.6) is 0 Å². The van der Waals surface area contributed by atoms with Crippen LogP contribution in [0.25, 0.3) is 0 Å². The van der Waals surface area contributed by atoms with Gasteiger partial charge in [-0.25, -0.2) is 9.59 Å². The van der Waals surface area contributed by atoms with Crippen molar-refractivity contribution in [1.82, 2.24) is 5.32 Å². The second-order valence-electron chi connectivity index (χ2n) is 5.14. The molecular formula is C12H23NO4S. The van der Waals surface area contributed by atoms with Crippen molar-refractivity contribution < 1.29 is 19.4 Å². The van der Waals surface area contributed by atoms with Crippen molar-refractivity contribution >= 4 is 23.8 Å². The van der Waals surface area contributed by atoms with Gasteiger partial charge in [0.2, 0.25) is 0 Å². The van der Waals surface area contributed by atoms with Crippen molar-refractivity contribution in [3.05, 3.63) is 0 Å². The lowest BCUT2D eigenvalue weighted by Crippen LogP contribution is -2.53. The van der Waals surface area contributed by atoms with Crippen LogP contribution in [0.4, 0.5) is 4.79 Å². The fraction of sp³-hybridized carbons (Fsp3) is 0.833. The van der Waals surface area contributed by atoms with Gasteiger partial charge in [0, 0.05) is 4.75 Å². The third kappa shape index (κ3) is 6.14. The van der Waals surface area contributed by atoms with E-state index in [9.17, 15) is 14.7 Å². The Labute approximate surface area is 113 Å². The first kappa shape index (κ1) is 17.1. The standard InChI is InChI=1S/C12H23NO4S/c1-7(2)17-11(16)13-9(10(14)15)12(5,6)18-8(3)4/h7-9H,1-6H3,(H,13,16)(H,14,15)/t9-/m1/s1. The molecule has 0 saturated carbocycles. The average molecular weight is 277 g/mol. The van der Waals surface area contributed by atoms with E-state index in [1.54, 1.807) is 27.7 Å². The lowest BCUT2D eigenvalue weighted by molar-refractivity contribution is -0.140. The van der Waals surface area contributed by atoms with Gasteiger partial charge in [-0.1, -0.05) is 13.8 Å².